The van der Waals surface area contributed by atoms with E-state index >= 15 is 0 Å². The second-order valence-electron chi connectivity index (χ2n) is 7.62. The van der Waals surface area contributed by atoms with E-state index in [1.807, 2.05) is 10.6 Å². The van der Waals surface area contributed by atoms with Crippen LogP contribution < -0.4 is 5.56 Å². The Labute approximate surface area is 151 Å². The summed E-state index contributed by atoms with van der Waals surface area (Å²) < 4.78 is 1.97. The number of benzene rings is 1. The van der Waals surface area contributed by atoms with Crippen LogP contribution in [0.3, 0.4) is 0 Å². The molecule has 0 amide bonds. The first-order valence-electron chi connectivity index (χ1n) is 10.0. The van der Waals surface area contributed by atoms with Gasteiger partial charge in [-0.2, -0.15) is 0 Å². The molecule has 1 aromatic carbocycles. The molecule has 1 saturated heterocycles. The van der Waals surface area contributed by atoms with Gasteiger partial charge in [0.1, 0.15) is 0 Å². The first-order chi connectivity index (χ1) is 12.2. The second-order valence-corrected chi connectivity index (χ2v) is 7.62. The Bertz CT molecular complexity index is 741. The van der Waals surface area contributed by atoms with E-state index in [0.29, 0.717) is 0 Å². The maximum atomic E-state index is 12.4. The molecule has 0 saturated carbocycles. The molecule has 0 aliphatic carbocycles. The quantitative estimate of drug-likeness (QED) is 0.736. The number of pyridine rings is 1. The van der Waals surface area contributed by atoms with Crippen molar-refractivity contribution < 1.29 is 0 Å². The van der Waals surface area contributed by atoms with Crippen LogP contribution in [-0.4, -0.2) is 29.1 Å². The molecule has 3 heteroatoms. The zero-order valence-corrected chi connectivity index (χ0v) is 15.8. The summed E-state index contributed by atoms with van der Waals surface area (Å²) in [5.41, 5.74) is 2.42. The van der Waals surface area contributed by atoms with Crippen LogP contribution in [0.5, 0.6) is 0 Å². The van der Waals surface area contributed by atoms with Crippen LogP contribution >= 0.6 is 0 Å². The average Bonchev–Trinajstić information content (AvgIpc) is 2.63. The van der Waals surface area contributed by atoms with Crippen molar-refractivity contribution in [2.24, 2.45) is 5.92 Å². The van der Waals surface area contributed by atoms with E-state index in [4.69, 9.17) is 0 Å². The summed E-state index contributed by atoms with van der Waals surface area (Å²) in [5.74, 6) is 0.944. The Morgan fingerprint density at radius 3 is 2.60 bits per heavy atom. The van der Waals surface area contributed by atoms with Crippen LogP contribution in [0.2, 0.25) is 0 Å². The Kier molecular flexibility index (Phi) is 6.30. The van der Waals surface area contributed by atoms with Gasteiger partial charge in [0.25, 0.3) is 5.56 Å². The molecule has 1 aliphatic rings. The highest BCUT2D eigenvalue weighted by molar-refractivity contribution is 5.82. The number of nitrogens with zero attached hydrogens (tertiary/aromatic N) is 2. The van der Waals surface area contributed by atoms with Gasteiger partial charge in [0.05, 0.1) is 5.52 Å². The molecule has 1 aliphatic heterocycles. The molecule has 3 rings (SSSR count). The van der Waals surface area contributed by atoms with Gasteiger partial charge in [-0.1, -0.05) is 44.4 Å². The van der Waals surface area contributed by atoms with Crippen molar-refractivity contribution in [3.63, 3.8) is 0 Å². The number of piperidine rings is 1. The van der Waals surface area contributed by atoms with Gasteiger partial charge in [0.2, 0.25) is 0 Å². The SMILES string of the molecule is CCCCC1CCN(CCCn2c(=O)ccc3cccc(C)c32)CC1. The molecule has 1 fully saturated rings. The van der Waals surface area contributed by atoms with E-state index < -0.39 is 0 Å². The van der Waals surface area contributed by atoms with Crippen LogP contribution in [0.25, 0.3) is 10.9 Å². The third-order valence-corrected chi connectivity index (χ3v) is 5.74. The van der Waals surface area contributed by atoms with Crippen molar-refractivity contribution in [1.29, 1.82) is 0 Å². The van der Waals surface area contributed by atoms with Crippen LogP contribution in [0.15, 0.2) is 35.1 Å². The number of fused-ring (bicyclic) bond motifs is 1. The highest BCUT2D eigenvalue weighted by Crippen LogP contribution is 2.23. The fourth-order valence-electron chi connectivity index (χ4n) is 4.21. The Morgan fingerprint density at radius 1 is 1.04 bits per heavy atom. The molecule has 25 heavy (non-hydrogen) atoms. The van der Waals surface area contributed by atoms with Crippen LogP contribution in [0, 0.1) is 12.8 Å². The van der Waals surface area contributed by atoms with E-state index in [1.165, 1.54) is 50.8 Å². The van der Waals surface area contributed by atoms with Crippen molar-refractivity contribution in [1.82, 2.24) is 9.47 Å². The first kappa shape index (κ1) is 18.2. The number of aryl methyl sites for hydroxylation is 2. The van der Waals surface area contributed by atoms with Gasteiger partial charge in [-0.3, -0.25) is 4.79 Å². The predicted molar refractivity (Wildman–Crippen MR) is 106 cm³/mol. The average molecular weight is 341 g/mol. The largest absolute Gasteiger partial charge is 0.308 e. The zero-order valence-electron chi connectivity index (χ0n) is 15.8. The van der Waals surface area contributed by atoms with Crippen molar-refractivity contribution in [2.45, 2.75) is 58.9 Å². The lowest BCUT2D eigenvalue weighted by Gasteiger charge is -2.32. The van der Waals surface area contributed by atoms with Gasteiger partial charge in [0, 0.05) is 12.6 Å². The minimum absolute atomic E-state index is 0.125. The molecule has 1 aromatic heterocycles. The normalized spacial score (nSPS) is 16.6. The first-order valence-corrected chi connectivity index (χ1v) is 10.0. The summed E-state index contributed by atoms with van der Waals surface area (Å²) in [6, 6.07) is 9.91. The molecule has 0 radical (unpaired) electrons. The monoisotopic (exact) mass is 340 g/mol. The summed E-state index contributed by atoms with van der Waals surface area (Å²) in [4.78, 5) is 14.9. The standard InChI is InChI=1S/C22H32N2O/c1-3-4-8-19-12-16-23(17-13-19)14-6-15-24-21(25)11-10-20-9-5-7-18(2)22(20)24/h5,7,9-11,19H,3-4,6,8,12-17H2,1-2H3. The summed E-state index contributed by atoms with van der Waals surface area (Å²) in [7, 11) is 0. The lowest BCUT2D eigenvalue weighted by molar-refractivity contribution is 0.174. The third-order valence-electron chi connectivity index (χ3n) is 5.74. The number of para-hydroxylation sites is 1. The van der Waals surface area contributed by atoms with E-state index in [0.717, 1.165) is 36.3 Å². The number of unbranched alkanes of at least 4 members (excludes halogenated alkanes) is 1. The Balaban J connectivity index is 1.56. The molecule has 0 atom stereocenters. The van der Waals surface area contributed by atoms with Gasteiger partial charge >= 0.3 is 0 Å². The van der Waals surface area contributed by atoms with Crippen molar-refractivity contribution in [3.05, 3.63) is 46.2 Å². The van der Waals surface area contributed by atoms with Crippen molar-refractivity contribution >= 4 is 10.9 Å². The molecule has 2 aromatic rings. The van der Waals surface area contributed by atoms with E-state index in [9.17, 15) is 4.79 Å². The minimum Gasteiger partial charge on any atom is -0.308 e. The van der Waals surface area contributed by atoms with Gasteiger partial charge in [-0.05, 0) is 68.8 Å². The van der Waals surface area contributed by atoms with Crippen LogP contribution in [0.4, 0.5) is 0 Å². The highest BCUT2D eigenvalue weighted by Gasteiger charge is 2.18. The topological polar surface area (TPSA) is 25.2 Å². The smallest absolute Gasteiger partial charge is 0.251 e. The van der Waals surface area contributed by atoms with Crippen molar-refractivity contribution in [2.75, 3.05) is 19.6 Å². The second kappa shape index (κ2) is 8.66. The van der Waals surface area contributed by atoms with Gasteiger partial charge in [-0.25, -0.2) is 0 Å². The third kappa shape index (κ3) is 4.52. The maximum Gasteiger partial charge on any atom is 0.251 e. The summed E-state index contributed by atoms with van der Waals surface area (Å²) in [6.45, 7) is 8.77. The molecular formula is C22H32N2O. The number of hydrogen-bond donors (Lipinski definition) is 0. The summed E-state index contributed by atoms with van der Waals surface area (Å²) >= 11 is 0. The Hall–Kier alpha value is -1.61. The fraction of sp³-hybridized carbons (Fsp3) is 0.591. The molecule has 0 unspecified atom stereocenters. The molecule has 136 valence electrons. The van der Waals surface area contributed by atoms with E-state index in [1.54, 1.807) is 6.07 Å². The molecule has 2 heterocycles. The molecular weight excluding hydrogens is 308 g/mol. The maximum absolute atomic E-state index is 12.4. The van der Waals surface area contributed by atoms with Gasteiger partial charge in [0.15, 0.2) is 0 Å². The van der Waals surface area contributed by atoms with Crippen LogP contribution in [0.1, 0.15) is 51.0 Å². The van der Waals surface area contributed by atoms with Crippen LogP contribution in [-0.2, 0) is 6.54 Å². The van der Waals surface area contributed by atoms with Gasteiger partial charge < -0.3 is 9.47 Å². The lowest BCUT2D eigenvalue weighted by atomic mass is 9.91. The predicted octanol–water partition coefficient (Wildman–Crippen LogP) is 4.60. The summed E-state index contributed by atoms with van der Waals surface area (Å²) in [6.07, 6.45) is 7.87. The molecule has 3 nitrogen and oxygen atoms in total. The molecule has 0 spiro atoms. The van der Waals surface area contributed by atoms with E-state index in [-0.39, 0.29) is 5.56 Å². The minimum atomic E-state index is 0.125. The lowest BCUT2D eigenvalue weighted by Crippen LogP contribution is -2.35. The number of aromatic nitrogens is 1. The number of likely N-dealkylation sites (tertiary alicyclic amines) is 1. The van der Waals surface area contributed by atoms with Crippen molar-refractivity contribution in [3.8, 4) is 0 Å². The number of hydrogen-bond acceptors (Lipinski definition) is 2. The molecule has 0 N–H and O–H groups in total. The molecule has 0 bridgehead atoms. The van der Waals surface area contributed by atoms with E-state index in [2.05, 4.69) is 36.9 Å². The van der Waals surface area contributed by atoms with Gasteiger partial charge in [-0.15, -0.1) is 0 Å². The Morgan fingerprint density at radius 2 is 1.84 bits per heavy atom. The zero-order chi connectivity index (χ0) is 17.6. The summed E-state index contributed by atoms with van der Waals surface area (Å²) in [5, 5.41) is 1.16. The number of rotatable bonds is 7. The highest BCUT2D eigenvalue weighted by atomic mass is 16.1. The fourth-order valence-corrected chi connectivity index (χ4v) is 4.21.